The van der Waals surface area contributed by atoms with Gasteiger partial charge in [-0.15, -0.1) is 0 Å². The lowest BCUT2D eigenvalue weighted by Crippen LogP contribution is -2.53. The van der Waals surface area contributed by atoms with Crippen molar-refractivity contribution in [3.63, 3.8) is 0 Å². The molecule has 1 rings (SSSR count). The molecule has 0 aliphatic carbocycles. The molecule has 0 aromatic carbocycles. The molecule has 0 aromatic heterocycles. The Kier molecular flexibility index (Phi) is 5.59. The van der Waals surface area contributed by atoms with Crippen molar-refractivity contribution in [1.29, 1.82) is 0 Å². The highest BCUT2D eigenvalue weighted by Gasteiger charge is 2.30. The normalized spacial score (nSPS) is 26.6. The minimum absolute atomic E-state index is 0.0416. The Balaban J connectivity index is 2.65. The summed E-state index contributed by atoms with van der Waals surface area (Å²) in [6.07, 6.45) is 1.98. The summed E-state index contributed by atoms with van der Waals surface area (Å²) in [4.78, 5) is 24.3. The summed E-state index contributed by atoms with van der Waals surface area (Å²) in [6, 6.07) is 0.507. The summed E-state index contributed by atoms with van der Waals surface area (Å²) >= 11 is 0. The van der Waals surface area contributed by atoms with Crippen LogP contribution in [0.25, 0.3) is 0 Å². The first-order chi connectivity index (χ1) is 8.42. The molecule has 5 nitrogen and oxygen atoms in total. The zero-order chi connectivity index (χ0) is 13.7. The number of nitrogens with zero attached hydrogens (tertiary/aromatic N) is 1. The van der Waals surface area contributed by atoms with Gasteiger partial charge in [-0.05, 0) is 25.7 Å². The van der Waals surface area contributed by atoms with Gasteiger partial charge in [0, 0.05) is 38.5 Å². The molecule has 0 radical (unpaired) electrons. The molecule has 0 saturated carbocycles. The molecule has 18 heavy (non-hydrogen) atoms. The maximum absolute atomic E-state index is 11.1. The van der Waals surface area contributed by atoms with Crippen molar-refractivity contribution in [1.82, 2.24) is 10.2 Å². The first-order valence-corrected chi connectivity index (χ1v) is 6.65. The number of nitrogens with one attached hydrogen (secondary N) is 1. The molecule has 2 N–H and O–H groups in total. The third-order valence-electron chi connectivity index (χ3n) is 3.65. The van der Waals surface area contributed by atoms with Crippen LogP contribution in [-0.2, 0) is 9.59 Å². The quantitative estimate of drug-likeness (QED) is 0.772. The number of hydrogen-bond donors (Lipinski definition) is 2. The summed E-state index contributed by atoms with van der Waals surface area (Å²) in [6.45, 7) is 7.42. The van der Waals surface area contributed by atoms with Gasteiger partial charge in [0.25, 0.3) is 0 Å². The number of amides is 1. The van der Waals surface area contributed by atoms with E-state index >= 15 is 0 Å². The van der Waals surface area contributed by atoms with Crippen LogP contribution in [0.5, 0.6) is 0 Å². The van der Waals surface area contributed by atoms with E-state index < -0.39 is 5.97 Å². The molecule has 1 fully saturated rings. The van der Waals surface area contributed by atoms with Crippen molar-refractivity contribution in [3.8, 4) is 0 Å². The second kappa shape index (κ2) is 6.73. The predicted molar refractivity (Wildman–Crippen MR) is 69.3 cm³/mol. The molecule has 0 aromatic rings. The van der Waals surface area contributed by atoms with Gasteiger partial charge in [0.15, 0.2) is 0 Å². The fraction of sp³-hybridized carbons (Fsp3) is 0.846. The first kappa shape index (κ1) is 15.0. The van der Waals surface area contributed by atoms with E-state index in [4.69, 9.17) is 5.11 Å². The molecule has 1 heterocycles. The van der Waals surface area contributed by atoms with Gasteiger partial charge in [-0.3, -0.25) is 14.5 Å². The SMILES string of the molecule is CCC(C)N1CC(CC(=O)O)CC(NC(C)=O)C1. The van der Waals surface area contributed by atoms with E-state index in [1.165, 1.54) is 6.92 Å². The van der Waals surface area contributed by atoms with Gasteiger partial charge >= 0.3 is 5.97 Å². The van der Waals surface area contributed by atoms with Crippen molar-refractivity contribution in [2.45, 2.75) is 52.1 Å². The smallest absolute Gasteiger partial charge is 0.303 e. The van der Waals surface area contributed by atoms with E-state index in [0.717, 1.165) is 25.9 Å². The molecule has 5 heteroatoms. The van der Waals surface area contributed by atoms with Crippen LogP contribution in [0.1, 0.15) is 40.0 Å². The Hall–Kier alpha value is -1.10. The number of rotatable bonds is 5. The molecule has 104 valence electrons. The standard InChI is InChI=1S/C13H24N2O3/c1-4-9(2)15-7-11(6-13(17)18)5-12(8-15)14-10(3)16/h9,11-12H,4-8H2,1-3H3,(H,14,16)(H,17,18). The van der Waals surface area contributed by atoms with E-state index in [2.05, 4.69) is 24.1 Å². The van der Waals surface area contributed by atoms with E-state index in [9.17, 15) is 9.59 Å². The zero-order valence-electron chi connectivity index (χ0n) is 11.5. The van der Waals surface area contributed by atoms with Gasteiger partial charge in [0.2, 0.25) is 5.91 Å². The van der Waals surface area contributed by atoms with Crippen molar-refractivity contribution in [2.24, 2.45) is 5.92 Å². The van der Waals surface area contributed by atoms with Gasteiger partial charge < -0.3 is 10.4 Å². The molecule has 3 atom stereocenters. The summed E-state index contributed by atoms with van der Waals surface area (Å²) < 4.78 is 0. The van der Waals surface area contributed by atoms with Crippen LogP contribution < -0.4 is 5.32 Å². The fourth-order valence-electron chi connectivity index (χ4n) is 2.65. The third-order valence-corrected chi connectivity index (χ3v) is 3.65. The van der Waals surface area contributed by atoms with Crippen LogP contribution in [0.15, 0.2) is 0 Å². The zero-order valence-corrected chi connectivity index (χ0v) is 11.5. The number of carbonyl (C=O) groups is 2. The summed E-state index contributed by atoms with van der Waals surface area (Å²) in [5.74, 6) is -0.672. The maximum atomic E-state index is 11.1. The number of piperidine rings is 1. The molecule has 1 saturated heterocycles. The van der Waals surface area contributed by atoms with E-state index in [1.807, 2.05) is 0 Å². The number of carbonyl (C=O) groups excluding carboxylic acids is 1. The molecule has 1 amide bonds. The molecule has 1 aliphatic rings. The summed E-state index contributed by atoms with van der Waals surface area (Å²) in [5.41, 5.74) is 0. The van der Waals surface area contributed by atoms with Gasteiger partial charge in [-0.25, -0.2) is 0 Å². The molecule has 3 unspecified atom stereocenters. The lowest BCUT2D eigenvalue weighted by molar-refractivity contribution is -0.138. The van der Waals surface area contributed by atoms with Crippen molar-refractivity contribution in [2.75, 3.05) is 13.1 Å². The van der Waals surface area contributed by atoms with Crippen LogP contribution >= 0.6 is 0 Å². The van der Waals surface area contributed by atoms with Crippen LogP contribution in [0.4, 0.5) is 0 Å². The molecular formula is C13H24N2O3. The highest BCUT2D eigenvalue weighted by molar-refractivity contribution is 5.73. The molecule has 0 bridgehead atoms. The topological polar surface area (TPSA) is 69.6 Å². The molecular weight excluding hydrogens is 232 g/mol. The Morgan fingerprint density at radius 2 is 2.11 bits per heavy atom. The van der Waals surface area contributed by atoms with Crippen LogP contribution in [0.3, 0.4) is 0 Å². The van der Waals surface area contributed by atoms with Crippen molar-refractivity contribution < 1.29 is 14.7 Å². The maximum Gasteiger partial charge on any atom is 0.303 e. The number of hydrogen-bond acceptors (Lipinski definition) is 3. The van der Waals surface area contributed by atoms with E-state index in [-0.39, 0.29) is 24.3 Å². The minimum atomic E-state index is -0.757. The summed E-state index contributed by atoms with van der Waals surface area (Å²) in [7, 11) is 0. The average molecular weight is 256 g/mol. The van der Waals surface area contributed by atoms with Crippen molar-refractivity contribution >= 4 is 11.9 Å². The Morgan fingerprint density at radius 1 is 1.44 bits per heavy atom. The predicted octanol–water partition coefficient (Wildman–Crippen LogP) is 1.09. The number of likely N-dealkylation sites (tertiary alicyclic amines) is 1. The highest BCUT2D eigenvalue weighted by atomic mass is 16.4. The average Bonchev–Trinajstić information content (AvgIpc) is 2.25. The number of aliphatic carboxylic acids is 1. The highest BCUT2D eigenvalue weighted by Crippen LogP contribution is 2.22. The van der Waals surface area contributed by atoms with E-state index in [1.54, 1.807) is 0 Å². The minimum Gasteiger partial charge on any atom is -0.481 e. The van der Waals surface area contributed by atoms with Crippen LogP contribution in [0.2, 0.25) is 0 Å². The number of carboxylic acids is 1. The lowest BCUT2D eigenvalue weighted by atomic mass is 9.90. The Morgan fingerprint density at radius 3 is 2.61 bits per heavy atom. The van der Waals surface area contributed by atoms with Gasteiger partial charge in [0.1, 0.15) is 0 Å². The third kappa shape index (κ3) is 4.64. The van der Waals surface area contributed by atoms with Gasteiger partial charge in [0.05, 0.1) is 0 Å². The first-order valence-electron chi connectivity index (χ1n) is 6.65. The van der Waals surface area contributed by atoms with E-state index in [0.29, 0.717) is 6.04 Å². The second-order valence-corrected chi connectivity index (χ2v) is 5.31. The van der Waals surface area contributed by atoms with Crippen LogP contribution in [0, 0.1) is 5.92 Å². The van der Waals surface area contributed by atoms with Crippen molar-refractivity contribution in [3.05, 3.63) is 0 Å². The van der Waals surface area contributed by atoms with Gasteiger partial charge in [-0.1, -0.05) is 6.92 Å². The Labute approximate surface area is 109 Å². The molecule has 1 aliphatic heterocycles. The van der Waals surface area contributed by atoms with Crippen LogP contribution in [-0.4, -0.2) is 47.1 Å². The monoisotopic (exact) mass is 256 g/mol. The fourth-order valence-corrected chi connectivity index (χ4v) is 2.65. The Bertz CT molecular complexity index is 283. The lowest BCUT2D eigenvalue weighted by Gasteiger charge is -2.40. The largest absolute Gasteiger partial charge is 0.481 e. The molecule has 0 spiro atoms. The summed E-state index contributed by atoms with van der Waals surface area (Å²) in [5, 5.41) is 11.8. The number of carboxylic acid groups (broad SMARTS) is 1. The second-order valence-electron chi connectivity index (χ2n) is 5.31. The van der Waals surface area contributed by atoms with Gasteiger partial charge in [-0.2, -0.15) is 0 Å².